The van der Waals surface area contributed by atoms with Crippen LogP contribution in [0.2, 0.25) is 0 Å². The van der Waals surface area contributed by atoms with E-state index in [0.29, 0.717) is 0 Å². The summed E-state index contributed by atoms with van der Waals surface area (Å²) in [6, 6.07) is 73.5. The van der Waals surface area contributed by atoms with Gasteiger partial charge >= 0.3 is 0 Å². The van der Waals surface area contributed by atoms with E-state index in [9.17, 15) is 0 Å². The minimum absolute atomic E-state index is 0.0570. The van der Waals surface area contributed by atoms with Crippen molar-refractivity contribution in [1.82, 2.24) is 0 Å². The molecule has 1 heterocycles. The van der Waals surface area contributed by atoms with Crippen molar-refractivity contribution in [1.29, 1.82) is 0 Å². The van der Waals surface area contributed by atoms with Gasteiger partial charge in [-0.2, -0.15) is 0 Å². The lowest BCUT2D eigenvalue weighted by Gasteiger charge is -2.25. The highest BCUT2D eigenvalue weighted by Gasteiger charge is 2.36. The van der Waals surface area contributed by atoms with E-state index in [4.69, 9.17) is 4.42 Å². The van der Waals surface area contributed by atoms with Gasteiger partial charge in [-0.05, 0) is 107 Å². The van der Waals surface area contributed by atoms with E-state index in [0.717, 1.165) is 21.9 Å². The number of hydrogen-bond acceptors (Lipinski definition) is 1. The molecule has 0 spiro atoms. The standard InChI is InChI=1S/C56H40O/c1-56(2)51-33-42(43-28-32-49-48-16-8-9-18-53(48)57-54(49)35-43)27-30-46(51)47-31-29-44(34-52(47)56)55(50-17-10-14-40-13-6-7-15-45(40)50)41-25-23-39(24-26-41)38-21-19-37(20-22-38)36-11-4-3-5-12-36/h3-35,55H,1-2H3. The summed E-state index contributed by atoms with van der Waals surface area (Å²) < 4.78 is 6.28. The lowest BCUT2D eigenvalue weighted by atomic mass is 9.78. The predicted molar refractivity (Wildman–Crippen MR) is 239 cm³/mol. The van der Waals surface area contributed by atoms with Crippen LogP contribution in [-0.4, -0.2) is 0 Å². The molecule has 0 N–H and O–H groups in total. The predicted octanol–water partition coefficient (Wildman–Crippen LogP) is 15.2. The Morgan fingerprint density at radius 1 is 0.368 bits per heavy atom. The van der Waals surface area contributed by atoms with Crippen LogP contribution < -0.4 is 0 Å². The summed E-state index contributed by atoms with van der Waals surface area (Å²) in [5, 5.41) is 4.87. The maximum Gasteiger partial charge on any atom is 0.136 e. The number of para-hydroxylation sites is 1. The zero-order valence-electron chi connectivity index (χ0n) is 32.0. The van der Waals surface area contributed by atoms with Crippen molar-refractivity contribution < 1.29 is 4.42 Å². The number of benzene rings is 9. The first-order valence-electron chi connectivity index (χ1n) is 19.9. The number of fused-ring (bicyclic) bond motifs is 7. The third kappa shape index (κ3) is 5.53. The van der Waals surface area contributed by atoms with E-state index in [1.165, 1.54) is 83.1 Å². The van der Waals surface area contributed by atoms with Crippen LogP contribution in [0.5, 0.6) is 0 Å². The van der Waals surface area contributed by atoms with Crippen molar-refractivity contribution in [3.05, 3.63) is 228 Å². The summed E-state index contributed by atoms with van der Waals surface area (Å²) in [7, 11) is 0. The largest absolute Gasteiger partial charge is 0.456 e. The molecule has 10 aromatic rings. The van der Waals surface area contributed by atoms with Gasteiger partial charge in [0.2, 0.25) is 0 Å². The molecule has 0 amide bonds. The van der Waals surface area contributed by atoms with Crippen molar-refractivity contribution in [3.63, 3.8) is 0 Å². The Morgan fingerprint density at radius 2 is 0.895 bits per heavy atom. The summed E-state index contributed by atoms with van der Waals surface area (Å²) >= 11 is 0. The third-order valence-corrected chi connectivity index (χ3v) is 12.4. The molecule has 9 aromatic carbocycles. The first-order valence-corrected chi connectivity index (χ1v) is 19.9. The average Bonchev–Trinajstić information content (AvgIpc) is 3.75. The van der Waals surface area contributed by atoms with E-state index >= 15 is 0 Å². The van der Waals surface area contributed by atoms with Crippen molar-refractivity contribution in [2.24, 2.45) is 0 Å². The van der Waals surface area contributed by atoms with Gasteiger partial charge in [-0.3, -0.25) is 0 Å². The summed E-state index contributed by atoms with van der Waals surface area (Å²) in [6.45, 7) is 4.77. The molecule has 1 atom stereocenters. The van der Waals surface area contributed by atoms with Crippen LogP contribution in [-0.2, 0) is 5.41 Å². The van der Waals surface area contributed by atoms with Gasteiger partial charge < -0.3 is 4.42 Å². The minimum atomic E-state index is -0.181. The molecule has 1 heteroatoms. The maximum atomic E-state index is 6.28. The smallest absolute Gasteiger partial charge is 0.136 e. The molecule has 0 aliphatic heterocycles. The Kier molecular flexibility index (Phi) is 7.66. The molecule has 1 unspecified atom stereocenters. The van der Waals surface area contributed by atoms with E-state index in [2.05, 4.69) is 202 Å². The summed E-state index contributed by atoms with van der Waals surface area (Å²) in [5.74, 6) is 0.0570. The van der Waals surface area contributed by atoms with Crippen LogP contribution in [0.15, 0.2) is 205 Å². The highest BCUT2D eigenvalue weighted by molar-refractivity contribution is 6.06. The molecule has 0 saturated heterocycles. The Labute approximate surface area is 333 Å². The molecule has 1 aliphatic rings. The Morgan fingerprint density at radius 3 is 1.67 bits per heavy atom. The highest BCUT2D eigenvalue weighted by Crippen LogP contribution is 2.51. The molecule has 0 fully saturated rings. The summed E-state index contributed by atoms with van der Waals surface area (Å²) in [5.41, 5.74) is 18.3. The zero-order chi connectivity index (χ0) is 38.1. The molecular formula is C56H40O. The number of rotatable bonds is 6. The first kappa shape index (κ1) is 33.4. The van der Waals surface area contributed by atoms with Gasteiger partial charge in [0.05, 0.1) is 0 Å². The molecule has 0 saturated carbocycles. The molecule has 1 aliphatic carbocycles. The fourth-order valence-corrected chi connectivity index (χ4v) is 9.43. The van der Waals surface area contributed by atoms with Gasteiger partial charge in [0.15, 0.2) is 0 Å². The fraction of sp³-hybridized carbons (Fsp3) is 0.0714. The van der Waals surface area contributed by atoms with Gasteiger partial charge in [0, 0.05) is 22.1 Å². The van der Waals surface area contributed by atoms with E-state index in [-0.39, 0.29) is 11.3 Å². The van der Waals surface area contributed by atoms with Crippen molar-refractivity contribution in [3.8, 4) is 44.5 Å². The quantitative estimate of drug-likeness (QED) is 0.155. The SMILES string of the molecule is CC1(C)c2cc(-c3ccc4c(c3)oc3ccccc34)ccc2-c2ccc(C(c3ccc(-c4ccc(-c5ccccc5)cc4)cc3)c3cccc4ccccc34)cc21. The van der Waals surface area contributed by atoms with Gasteiger partial charge in [-0.15, -0.1) is 0 Å². The Hall–Kier alpha value is -6.96. The number of furan rings is 1. The topological polar surface area (TPSA) is 13.1 Å². The molecule has 1 aromatic heterocycles. The van der Waals surface area contributed by atoms with Gasteiger partial charge in [-0.25, -0.2) is 0 Å². The van der Waals surface area contributed by atoms with Crippen molar-refractivity contribution in [2.75, 3.05) is 0 Å². The molecule has 270 valence electrons. The van der Waals surface area contributed by atoms with Gasteiger partial charge in [0.1, 0.15) is 11.2 Å². The lowest BCUT2D eigenvalue weighted by Crippen LogP contribution is -2.16. The highest BCUT2D eigenvalue weighted by atomic mass is 16.3. The first-order chi connectivity index (χ1) is 28.0. The van der Waals surface area contributed by atoms with Crippen LogP contribution in [0.25, 0.3) is 77.2 Å². The monoisotopic (exact) mass is 728 g/mol. The van der Waals surface area contributed by atoms with E-state index < -0.39 is 0 Å². The van der Waals surface area contributed by atoms with Crippen LogP contribution in [0.1, 0.15) is 47.6 Å². The molecule has 57 heavy (non-hydrogen) atoms. The lowest BCUT2D eigenvalue weighted by molar-refractivity contribution is 0.659. The molecule has 11 rings (SSSR count). The second kappa shape index (κ2) is 13.1. The third-order valence-electron chi connectivity index (χ3n) is 12.4. The van der Waals surface area contributed by atoms with Crippen LogP contribution in [0, 0.1) is 0 Å². The molecular weight excluding hydrogens is 689 g/mol. The van der Waals surface area contributed by atoms with Crippen molar-refractivity contribution in [2.45, 2.75) is 25.2 Å². The minimum Gasteiger partial charge on any atom is -0.456 e. The van der Waals surface area contributed by atoms with Gasteiger partial charge in [-0.1, -0.05) is 190 Å². The van der Waals surface area contributed by atoms with Crippen LogP contribution >= 0.6 is 0 Å². The zero-order valence-corrected chi connectivity index (χ0v) is 32.0. The second-order valence-corrected chi connectivity index (χ2v) is 16.1. The van der Waals surface area contributed by atoms with E-state index in [1.54, 1.807) is 0 Å². The van der Waals surface area contributed by atoms with Gasteiger partial charge in [0.25, 0.3) is 0 Å². The normalized spacial score (nSPS) is 13.5. The van der Waals surface area contributed by atoms with Crippen LogP contribution in [0.3, 0.4) is 0 Å². The fourth-order valence-electron chi connectivity index (χ4n) is 9.43. The Bertz CT molecular complexity index is 3120. The number of hydrogen-bond donors (Lipinski definition) is 0. The van der Waals surface area contributed by atoms with E-state index in [1.807, 2.05) is 12.1 Å². The van der Waals surface area contributed by atoms with Crippen LogP contribution in [0.4, 0.5) is 0 Å². The average molecular weight is 729 g/mol. The summed E-state index contributed by atoms with van der Waals surface area (Å²) in [6.07, 6.45) is 0. The molecule has 0 bridgehead atoms. The second-order valence-electron chi connectivity index (χ2n) is 16.1. The summed E-state index contributed by atoms with van der Waals surface area (Å²) in [4.78, 5) is 0. The molecule has 0 radical (unpaired) electrons. The van der Waals surface area contributed by atoms with Crippen molar-refractivity contribution >= 4 is 32.7 Å². The maximum absolute atomic E-state index is 6.28. The molecule has 1 nitrogen and oxygen atoms in total. The Balaban J connectivity index is 0.978.